The Hall–Kier alpha value is -1.02. The van der Waals surface area contributed by atoms with Crippen LogP contribution in [0.4, 0.5) is 0 Å². The number of hydrogen-bond donors (Lipinski definition) is 5. The van der Waals surface area contributed by atoms with Crippen LogP contribution in [0.15, 0.2) is 24.3 Å². The molecule has 0 spiro atoms. The predicted octanol–water partition coefficient (Wildman–Crippen LogP) is -0.237. The molecular formula is C16H26O6. The lowest BCUT2D eigenvalue weighted by Crippen LogP contribution is -2.48. The molecule has 0 saturated heterocycles. The minimum Gasteiger partial charge on any atom is -0.394 e. The number of hydrogen-bond acceptors (Lipinski definition) is 6. The van der Waals surface area contributed by atoms with E-state index in [0.717, 1.165) is 5.56 Å². The van der Waals surface area contributed by atoms with Crippen LogP contribution >= 0.6 is 0 Å². The molecule has 126 valence electrons. The molecule has 1 aromatic carbocycles. The van der Waals surface area contributed by atoms with Crippen LogP contribution < -0.4 is 0 Å². The summed E-state index contributed by atoms with van der Waals surface area (Å²) in [7, 11) is 0. The molecule has 6 nitrogen and oxygen atoms in total. The molecule has 1 aromatic rings. The molecule has 0 bridgehead atoms. The Bertz CT molecular complexity index is 419. The topological polar surface area (TPSA) is 110 Å². The van der Waals surface area contributed by atoms with E-state index in [1.54, 1.807) is 0 Å². The molecule has 0 aliphatic rings. The highest BCUT2D eigenvalue weighted by Crippen LogP contribution is 2.17. The quantitative estimate of drug-likeness (QED) is 0.430. The standard InChI is InChI=1S/C16H26O6/c1-10(2)12-5-3-11(4-6-12)9-22-16(14(20)8-18)15(21)13(19)7-17/h3-6,10,13-21H,7-9H2,1-2H3. The fourth-order valence-electron chi connectivity index (χ4n) is 2.06. The minimum absolute atomic E-state index is 0.106. The molecular weight excluding hydrogens is 288 g/mol. The van der Waals surface area contributed by atoms with Gasteiger partial charge in [0.15, 0.2) is 0 Å². The lowest BCUT2D eigenvalue weighted by Gasteiger charge is -2.29. The van der Waals surface area contributed by atoms with Gasteiger partial charge < -0.3 is 30.3 Å². The first-order valence-corrected chi connectivity index (χ1v) is 7.37. The van der Waals surface area contributed by atoms with Crippen molar-refractivity contribution in [1.29, 1.82) is 0 Å². The van der Waals surface area contributed by atoms with Gasteiger partial charge in [0.05, 0.1) is 19.8 Å². The molecule has 6 heteroatoms. The molecule has 4 atom stereocenters. The van der Waals surface area contributed by atoms with Crippen molar-refractivity contribution in [1.82, 2.24) is 0 Å². The third kappa shape index (κ3) is 5.31. The largest absolute Gasteiger partial charge is 0.394 e. The maximum absolute atomic E-state index is 9.87. The van der Waals surface area contributed by atoms with Crippen molar-refractivity contribution in [3.63, 3.8) is 0 Å². The van der Waals surface area contributed by atoms with E-state index in [9.17, 15) is 15.3 Å². The van der Waals surface area contributed by atoms with Crippen molar-refractivity contribution in [2.45, 2.75) is 50.8 Å². The zero-order chi connectivity index (χ0) is 16.7. The summed E-state index contributed by atoms with van der Waals surface area (Å²) in [5.74, 6) is 0.417. The summed E-state index contributed by atoms with van der Waals surface area (Å²) in [5, 5.41) is 46.9. The predicted molar refractivity (Wildman–Crippen MR) is 81.3 cm³/mol. The third-order valence-electron chi connectivity index (χ3n) is 3.57. The summed E-state index contributed by atoms with van der Waals surface area (Å²) in [6.07, 6.45) is -5.50. The van der Waals surface area contributed by atoms with Crippen LogP contribution in [-0.2, 0) is 11.3 Å². The normalized spacial score (nSPS) is 17.3. The van der Waals surface area contributed by atoms with E-state index in [0.29, 0.717) is 5.92 Å². The Kier molecular flexibility index (Phi) is 7.95. The summed E-state index contributed by atoms with van der Waals surface area (Å²) < 4.78 is 5.43. The average molecular weight is 314 g/mol. The summed E-state index contributed by atoms with van der Waals surface area (Å²) in [5.41, 5.74) is 2.02. The van der Waals surface area contributed by atoms with Gasteiger partial charge in [-0.25, -0.2) is 0 Å². The molecule has 0 saturated carbocycles. The lowest BCUT2D eigenvalue weighted by molar-refractivity contribution is -0.153. The SMILES string of the molecule is CC(C)c1ccc(COC(C(O)CO)C(O)C(O)CO)cc1. The molecule has 0 heterocycles. The molecule has 0 aromatic heterocycles. The first kappa shape index (κ1) is 19.0. The van der Waals surface area contributed by atoms with Gasteiger partial charge in [0.2, 0.25) is 0 Å². The van der Waals surface area contributed by atoms with Gasteiger partial charge >= 0.3 is 0 Å². The van der Waals surface area contributed by atoms with Crippen molar-refractivity contribution < 1.29 is 30.3 Å². The van der Waals surface area contributed by atoms with Crippen LogP contribution in [0, 0.1) is 0 Å². The maximum atomic E-state index is 9.87. The number of rotatable bonds is 9. The second-order valence-electron chi connectivity index (χ2n) is 5.66. The van der Waals surface area contributed by atoms with Crippen LogP contribution in [0.3, 0.4) is 0 Å². The van der Waals surface area contributed by atoms with Crippen LogP contribution in [-0.4, -0.2) is 63.2 Å². The number of aliphatic hydroxyl groups is 5. The Morgan fingerprint density at radius 3 is 1.91 bits per heavy atom. The third-order valence-corrected chi connectivity index (χ3v) is 3.57. The molecule has 22 heavy (non-hydrogen) atoms. The van der Waals surface area contributed by atoms with E-state index in [-0.39, 0.29) is 6.61 Å². The van der Waals surface area contributed by atoms with Crippen LogP contribution in [0.5, 0.6) is 0 Å². The number of aliphatic hydroxyl groups excluding tert-OH is 5. The van der Waals surface area contributed by atoms with E-state index in [2.05, 4.69) is 13.8 Å². The minimum atomic E-state index is -1.50. The van der Waals surface area contributed by atoms with E-state index >= 15 is 0 Å². The van der Waals surface area contributed by atoms with Gasteiger partial charge in [0.1, 0.15) is 24.4 Å². The monoisotopic (exact) mass is 314 g/mol. The van der Waals surface area contributed by atoms with E-state index < -0.39 is 37.6 Å². The van der Waals surface area contributed by atoms with Gasteiger partial charge in [0.25, 0.3) is 0 Å². The Morgan fingerprint density at radius 1 is 0.909 bits per heavy atom. The van der Waals surface area contributed by atoms with Gasteiger partial charge in [-0.1, -0.05) is 38.1 Å². The van der Waals surface area contributed by atoms with Gasteiger partial charge in [0, 0.05) is 0 Å². The molecule has 5 N–H and O–H groups in total. The number of ether oxygens (including phenoxy) is 1. The second-order valence-corrected chi connectivity index (χ2v) is 5.66. The van der Waals surface area contributed by atoms with Crippen LogP contribution in [0.25, 0.3) is 0 Å². The van der Waals surface area contributed by atoms with Crippen LogP contribution in [0.1, 0.15) is 30.9 Å². The van der Waals surface area contributed by atoms with Gasteiger partial charge in [-0.3, -0.25) is 0 Å². The Balaban J connectivity index is 2.70. The van der Waals surface area contributed by atoms with E-state index in [4.69, 9.17) is 14.9 Å². The average Bonchev–Trinajstić information content (AvgIpc) is 2.53. The molecule has 0 radical (unpaired) electrons. The Labute approximate surface area is 130 Å². The summed E-state index contributed by atoms with van der Waals surface area (Å²) in [6, 6.07) is 7.71. The highest BCUT2D eigenvalue weighted by molar-refractivity contribution is 5.24. The molecule has 1 rings (SSSR count). The van der Waals surface area contributed by atoms with E-state index in [1.165, 1.54) is 5.56 Å². The Morgan fingerprint density at radius 2 is 1.45 bits per heavy atom. The first-order valence-electron chi connectivity index (χ1n) is 7.37. The van der Waals surface area contributed by atoms with Crippen molar-refractivity contribution >= 4 is 0 Å². The maximum Gasteiger partial charge on any atom is 0.115 e. The molecule has 0 aliphatic carbocycles. The molecule has 0 amide bonds. The fourth-order valence-corrected chi connectivity index (χ4v) is 2.06. The summed E-state index contributed by atoms with van der Waals surface area (Å²) in [4.78, 5) is 0. The van der Waals surface area contributed by atoms with Crippen molar-refractivity contribution in [2.24, 2.45) is 0 Å². The van der Waals surface area contributed by atoms with Crippen molar-refractivity contribution in [2.75, 3.05) is 13.2 Å². The van der Waals surface area contributed by atoms with Crippen LogP contribution in [0.2, 0.25) is 0 Å². The highest BCUT2D eigenvalue weighted by Gasteiger charge is 2.32. The lowest BCUT2D eigenvalue weighted by atomic mass is 10.0. The molecule has 0 fully saturated rings. The van der Waals surface area contributed by atoms with Gasteiger partial charge in [-0.2, -0.15) is 0 Å². The number of benzene rings is 1. The molecule has 4 unspecified atom stereocenters. The molecule has 0 aliphatic heterocycles. The zero-order valence-corrected chi connectivity index (χ0v) is 13.0. The van der Waals surface area contributed by atoms with Gasteiger partial charge in [-0.15, -0.1) is 0 Å². The van der Waals surface area contributed by atoms with Gasteiger partial charge in [-0.05, 0) is 17.0 Å². The fraction of sp³-hybridized carbons (Fsp3) is 0.625. The zero-order valence-electron chi connectivity index (χ0n) is 13.0. The second kappa shape index (κ2) is 9.19. The van der Waals surface area contributed by atoms with E-state index in [1.807, 2.05) is 24.3 Å². The summed E-state index contributed by atoms with van der Waals surface area (Å²) >= 11 is 0. The smallest absolute Gasteiger partial charge is 0.115 e. The first-order chi connectivity index (χ1) is 10.4. The highest BCUT2D eigenvalue weighted by atomic mass is 16.5. The van der Waals surface area contributed by atoms with Crippen molar-refractivity contribution in [3.8, 4) is 0 Å². The van der Waals surface area contributed by atoms with Crippen molar-refractivity contribution in [3.05, 3.63) is 35.4 Å². The summed E-state index contributed by atoms with van der Waals surface area (Å²) in [6.45, 7) is 3.00.